The summed E-state index contributed by atoms with van der Waals surface area (Å²) in [5, 5.41) is 8.28. The van der Waals surface area contributed by atoms with Crippen molar-refractivity contribution in [3.05, 3.63) is 11.8 Å². The highest BCUT2D eigenvalue weighted by molar-refractivity contribution is 6.37. The molecule has 1 aliphatic rings. The van der Waals surface area contributed by atoms with Crippen LogP contribution >= 0.6 is 0 Å². The van der Waals surface area contributed by atoms with Crippen molar-refractivity contribution in [1.82, 2.24) is 0 Å². The summed E-state index contributed by atoms with van der Waals surface area (Å²) in [6.07, 6.45) is 0.928. The summed E-state index contributed by atoms with van der Waals surface area (Å²) in [6.45, 7) is 3.49. The summed E-state index contributed by atoms with van der Waals surface area (Å²) in [4.78, 5) is 20.9. The first kappa shape index (κ1) is 9.73. The van der Waals surface area contributed by atoms with Crippen molar-refractivity contribution in [3.8, 4) is 0 Å². The summed E-state index contributed by atoms with van der Waals surface area (Å²) in [7, 11) is 0. The van der Waals surface area contributed by atoms with Crippen molar-refractivity contribution >= 4 is 11.8 Å². The zero-order valence-electron chi connectivity index (χ0n) is 7.36. The quantitative estimate of drug-likeness (QED) is 0.496. The molecule has 0 amide bonds. The van der Waals surface area contributed by atoms with Gasteiger partial charge in [-0.3, -0.25) is 4.79 Å². The Morgan fingerprint density at radius 3 is 2.54 bits per heavy atom. The van der Waals surface area contributed by atoms with Crippen LogP contribution in [0.15, 0.2) is 11.8 Å². The Bertz CT molecular complexity index is 276. The molecule has 0 atom stereocenters. The number of hydrogen-bond donors (Lipinski definition) is 1. The third-order valence-electron chi connectivity index (χ3n) is 1.44. The largest absolute Gasteiger partial charge is 0.475 e. The van der Waals surface area contributed by atoms with Gasteiger partial charge < -0.3 is 14.6 Å². The van der Waals surface area contributed by atoms with Crippen LogP contribution in [-0.2, 0) is 19.1 Å². The average molecular weight is 186 g/mol. The number of carboxylic acids is 1. The molecule has 0 radical (unpaired) electrons. The summed E-state index contributed by atoms with van der Waals surface area (Å²) in [5.74, 6) is -3.03. The standard InChI is InChI=1S/C8H10O5/c1-8(2)12-4-5(13-8)3-6(9)7(10)11/h3H,4H2,1-2H3,(H,10,11)/b5-3+. The van der Waals surface area contributed by atoms with Gasteiger partial charge in [-0.05, 0) is 0 Å². The molecular formula is C8H10O5. The Balaban J connectivity index is 2.66. The van der Waals surface area contributed by atoms with E-state index < -0.39 is 17.5 Å². The molecule has 5 nitrogen and oxygen atoms in total. The van der Waals surface area contributed by atoms with Crippen molar-refractivity contribution in [2.75, 3.05) is 6.61 Å². The highest BCUT2D eigenvalue weighted by Crippen LogP contribution is 2.24. The number of carbonyl (C=O) groups is 2. The summed E-state index contributed by atoms with van der Waals surface area (Å²) < 4.78 is 10.2. The zero-order valence-corrected chi connectivity index (χ0v) is 7.36. The predicted molar refractivity (Wildman–Crippen MR) is 41.8 cm³/mol. The number of ether oxygens (including phenoxy) is 2. The van der Waals surface area contributed by atoms with E-state index in [9.17, 15) is 9.59 Å². The first-order valence-electron chi connectivity index (χ1n) is 3.71. The van der Waals surface area contributed by atoms with E-state index in [2.05, 4.69) is 0 Å². The molecule has 1 heterocycles. The van der Waals surface area contributed by atoms with Gasteiger partial charge in [0, 0.05) is 19.9 Å². The molecule has 72 valence electrons. The van der Waals surface area contributed by atoms with Gasteiger partial charge >= 0.3 is 5.97 Å². The number of aliphatic carboxylic acids is 1. The minimum atomic E-state index is -1.50. The van der Waals surface area contributed by atoms with Crippen LogP contribution < -0.4 is 0 Å². The summed E-state index contributed by atoms with van der Waals surface area (Å²) in [5.41, 5.74) is 0. The zero-order chi connectivity index (χ0) is 10.1. The summed E-state index contributed by atoms with van der Waals surface area (Å²) >= 11 is 0. The van der Waals surface area contributed by atoms with Crippen molar-refractivity contribution in [1.29, 1.82) is 0 Å². The highest BCUT2D eigenvalue weighted by atomic mass is 16.7. The molecule has 0 spiro atoms. The van der Waals surface area contributed by atoms with E-state index in [1.54, 1.807) is 13.8 Å². The van der Waals surface area contributed by atoms with Crippen molar-refractivity contribution in [2.24, 2.45) is 0 Å². The minimum Gasteiger partial charge on any atom is -0.475 e. The van der Waals surface area contributed by atoms with Crippen LogP contribution in [0, 0.1) is 0 Å². The van der Waals surface area contributed by atoms with Gasteiger partial charge in [-0.2, -0.15) is 0 Å². The van der Waals surface area contributed by atoms with Crippen LogP contribution in [0.25, 0.3) is 0 Å². The van der Waals surface area contributed by atoms with Crippen LogP contribution in [0.1, 0.15) is 13.8 Å². The Labute approximate surface area is 74.9 Å². The second kappa shape index (κ2) is 3.18. The molecule has 0 aromatic carbocycles. The maximum atomic E-state index is 10.7. The second-order valence-electron chi connectivity index (χ2n) is 3.07. The Morgan fingerprint density at radius 1 is 1.54 bits per heavy atom. The number of ketones is 1. The van der Waals surface area contributed by atoms with Gasteiger partial charge in [-0.15, -0.1) is 0 Å². The molecule has 1 fully saturated rings. The fraction of sp³-hybridized carbons (Fsp3) is 0.500. The van der Waals surface area contributed by atoms with E-state index in [1.165, 1.54) is 0 Å². The molecule has 13 heavy (non-hydrogen) atoms. The van der Waals surface area contributed by atoms with Crippen LogP contribution in [-0.4, -0.2) is 29.3 Å². The van der Waals surface area contributed by atoms with Crippen molar-refractivity contribution < 1.29 is 24.2 Å². The van der Waals surface area contributed by atoms with Gasteiger partial charge in [0.15, 0.2) is 0 Å². The van der Waals surface area contributed by atoms with Gasteiger partial charge in [0.25, 0.3) is 5.78 Å². The lowest BCUT2D eigenvalue weighted by Crippen LogP contribution is -2.19. The van der Waals surface area contributed by atoms with Crippen LogP contribution in [0.2, 0.25) is 0 Å². The molecule has 1 saturated heterocycles. The number of hydrogen-bond acceptors (Lipinski definition) is 4. The van der Waals surface area contributed by atoms with Gasteiger partial charge in [0.1, 0.15) is 12.4 Å². The third-order valence-corrected chi connectivity index (χ3v) is 1.44. The second-order valence-corrected chi connectivity index (χ2v) is 3.07. The van der Waals surface area contributed by atoms with E-state index in [-0.39, 0.29) is 12.4 Å². The Hall–Kier alpha value is -1.36. The number of rotatable bonds is 2. The fourth-order valence-electron chi connectivity index (χ4n) is 0.899. The molecule has 1 rings (SSSR count). The molecule has 1 aliphatic heterocycles. The van der Waals surface area contributed by atoms with E-state index in [0.717, 1.165) is 6.08 Å². The SMILES string of the molecule is CC1(C)OC/C(=C\C(=O)C(=O)O)O1. The fourth-order valence-corrected chi connectivity index (χ4v) is 0.899. The topological polar surface area (TPSA) is 72.8 Å². The number of carbonyl (C=O) groups excluding carboxylic acids is 1. The van der Waals surface area contributed by atoms with Crippen molar-refractivity contribution in [2.45, 2.75) is 19.6 Å². The van der Waals surface area contributed by atoms with Gasteiger partial charge in [0.05, 0.1) is 0 Å². The minimum absolute atomic E-state index is 0.131. The predicted octanol–water partition coefficient (Wildman–Crippen LogP) is 0.307. The monoisotopic (exact) mass is 186 g/mol. The van der Waals surface area contributed by atoms with E-state index in [0.29, 0.717) is 0 Å². The molecule has 0 saturated carbocycles. The first-order chi connectivity index (χ1) is 5.91. The Kier molecular flexibility index (Phi) is 2.38. The van der Waals surface area contributed by atoms with E-state index in [1.807, 2.05) is 0 Å². The van der Waals surface area contributed by atoms with Crippen LogP contribution in [0.3, 0.4) is 0 Å². The molecule has 1 N–H and O–H groups in total. The maximum Gasteiger partial charge on any atom is 0.376 e. The van der Waals surface area contributed by atoms with E-state index in [4.69, 9.17) is 14.6 Å². The number of carboxylic acid groups (broad SMARTS) is 1. The van der Waals surface area contributed by atoms with Crippen molar-refractivity contribution in [3.63, 3.8) is 0 Å². The van der Waals surface area contributed by atoms with E-state index >= 15 is 0 Å². The smallest absolute Gasteiger partial charge is 0.376 e. The van der Waals surface area contributed by atoms with Gasteiger partial charge in [0.2, 0.25) is 5.79 Å². The molecule has 0 aliphatic carbocycles. The van der Waals surface area contributed by atoms with Crippen LogP contribution in [0.4, 0.5) is 0 Å². The molecular weight excluding hydrogens is 176 g/mol. The molecule has 0 unspecified atom stereocenters. The Morgan fingerprint density at radius 2 is 2.15 bits per heavy atom. The average Bonchev–Trinajstić information content (AvgIpc) is 2.30. The molecule has 0 aromatic rings. The maximum absolute atomic E-state index is 10.7. The molecule has 0 bridgehead atoms. The summed E-state index contributed by atoms with van der Waals surface area (Å²) in [6, 6.07) is 0. The third kappa shape index (κ3) is 2.55. The normalized spacial score (nSPS) is 22.8. The lowest BCUT2D eigenvalue weighted by Gasteiger charge is -2.15. The molecule has 5 heteroatoms. The van der Waals surface area contributed by atoms with Gasteiger partial charge in [-0.1, -0.05) is 0 Å². The lowest BCUT2D eigenvalue weighted by atomic mass is 10.3. The lowest BCUT2D eigenvalue weighted by molar-refractivity contribution is -0.147. The highest BCUT2D eigenvalue weighted by Gasteiger charge is 2.29. The van der Waals surface area contributed by atoms with Crippen LogP contribution in [0.5, 0.6) is 0 Å². The van der Waals surface area contributed by atoms with Gasteiger partial charge in [-0.25, -0.2) is 4.79 Å². The molecule has 0 aromatic heterocycles. The first-order valence-corrected chi connectivity index (χ1v) is 3.71.